The van der Waals surface area contributed by atoms with Crippen molar-refractivity contribution < 1.29 is 23.3 Å². The van der Waals surface area contributed by atoms with Crippen LogP contribution in [0.3, 0.4) is 0 Å². The van der Waals surface area contributed by atoms with Crippen molar-refractivity contribution in [3.05, 3.63) is 147 Å². The van der Waals surface area contributed by atoms with Crippen LogP contribution < -0.4 is 0 Å². The molecule has 0 aromatic heterocycles. The number of hydrogen-bond donors (Lipinski definition) is 0. The SMILES string of the molecule is Cc1c(-c2ccccc2)[cH-]c2ccccc12.Cc1c(-c2ccccc2)[cH-]c2ccccc12.Cl.Cl.[CH3-].[CH3-].[Si]=[Zr]. The molecular weight excluding hydrogens is 599 g/mol. The van der Waals surface area contributed by atoms with Crippen molar-refractivity contribution in [1.82, 2.24) is 0 Å². The third-order valence-corrected chi connectivity index (χ3v) is 6.31. The van der Waals surface area contributed by atoms with Crippen LogP contribution in [0.2, 0.25) is 0 Å². The van der Waals surface area contributed by atoms with Gasteiger partial charge in [-0.3, -0.25) is 0 Å². The third-order valence-electron chi connectivity index (χ3n) is 6.31. The molecule has 0 bridgehead atoms. The molecule has 196 valence electrons. The quantitative estimate of drug-likeness (QED) is 0.132. The van der Waals surface area contributed by atoms with Crippen molar-refractivity contribution in [2.75, 3.05) is 0 Å². The Morgan fingerprint density at radius 1 is 0.474 bits per heavy atom. The van der Waals surface area contributed by atoms with E-state index in [1.165, 1.54) is 78.3 Å². The first-order valence-corrected chi connectivity index (χ1v) is 15.6. The van der Waals surface area contributed by atoms with Crippen molar-refractivity contribution in [2.45, 2.75) is 13.8 Å². The molecule has 0 aliphatic rings. The summed E-state index contributed by atoms with van der Waals surface area (Å²) < 4.78 is 0. The van der Waals surface area contributed by atoms with Crippen molar-refractivity contribution in [3.63, 3.8) is 0 Å². The van der Waals surface area contributed by atoms with Gasteiger partial charge in [-0.05, 0) is 0 Å². The van der Waals surface area contributed by atoms with E-state index in [-0.39, 0.29) is 39.7 Å². The Morgan fingerprint density at radius 3 is 1.08 bits per heavy atom. The third kappa shape index (κ3) is 7.90. The topological polar surface area (TPSA) is 0 Å². The molecule has 0 spiro atoms. The summed E-state index contributed by atoms with van der Waals surface area (Å²) in [5.74, 6) is 0. The van der Waals surface area contributed by atoms with Crippen LogP contribution in [0.4, 0.5) is 0 Å². The normalized spacial score (nSPS) is 9.18. The van der Waals surface area contributed by atoms with Gasteiger partial charge in [0.05, 0.1) is 0 Å². The number of fused-ring (bicyclic) bond motifs is 2. The molecular formula is C34H34Cl2SiZr-4. The summed E-state index contributed by atoms with van der Waals surface area (Å²) in [6, 6.07) is 42.8. The molecule has 0 unspecified atom stereocenters. The summed E-state index contributed by atoms with van der Waals surface area (Å²) in [5, 5.41) is 5.39. The van der Waals surface area contributed by atoms with Gasteiger partial charge in [-0.1, -0.05) is 122 Å². The Kier molecular flexibility index (Phi) is 16.4. The zero-order valence-corrected chi connectivity index (χ0v) is 27.5. The van der Waals surface area contributed by atoms with Gasteiger partial charge in [0.1, 0.15) is 0 Å². The predicted molar refractivity (Wildman–Crippen MR) is 173 cm³/mol. The summed E-state index contributed by atoms with van der Waals surface area (Å²) in [7, 11) is 0. The van der Waals surface area contributed by atoms with Gasteiger partial charge in [0.15, 0.2) is 0 Å². The summed E-state index contributed by atoms with van der Waals surface area (Å²) in [5.41, 5.74) is 8.06. The fraction of sp³-hybridized carbons (Fsp3) is 0.0588. The molecule has 0 fully saturated rings. The Morgan fingerprint density at radius 2 is 0.763 bits per heavy atom. The van der Waals surface area contributed by atoms with E-state index in [4.69, 9.17) is 0 Å². The van der Waals surface area contributed by atoms with Crippen molar-refractivity contribution in [3.8, 4) is 22.3 Å². The molecule has 6 aromatic rings. The number of halogens is 2. The Labute approximate surface area is 258 Å². The molecule has 0 aliphatic carbocycles. The zero-order valence-electron chi connectivity index (χ0n) is 22.4. The molecule has 2 radical (unpaired) electrons. The average Bonchev–Trinajstić information content (AvgIpc) is 3.44. The van der Waals surface area contributed by atoms with Gasteiger partial charge >= 0.3 is 30.2 Å². The monoisotopic (exact) mass is 630 g/mol. The van der Waals surface area contributed by atoms with Crippen molar-refractivity contribution in [2.24, 2.45) is 0 Å². The summed E-state index contributed by atoms with van der Waals surface area (Å²) >= 11 is 1.36. The van der Waals surface area contributed by atoms with Gasteiger partial charge < -0.3 is 14.9 Å². The summed E-state index contributed by atoms with van der Waals surface area (Å²) in [6.45, 7) is 7.46. The second kappa shape index (κ2) is 17.4. The number of hydrogen-bond acceptors (Lipinski definition) is 0. The zero-order chi connectivity index (χ0) is 23.9. The molecule has 0 nitrogen and oxygen atoms in total. The number of aryl methyl sites for hydroxylation is 2. The predicted octanol–water partition coefficient (Wildman–Crippen LogP) is 10.4. The van der Waals surface area contributed by atoms with Gasteiger partial charge in [-0.2, -0.15) is 0 Å². The fourth-order valence-corrected chi connectivity index (χ4v) is 4.58. The Bertz CT molecular complexity index is 1390. The first-order chi connectivity index (χ1) is 16.7. The fourth-order valence-electron chi connectivity index (χ4n) is 4.58. The maximum atomic E-state index is 3.06. The summed E-state index contributed by atoms with van der Waals surface area (Å²) in [6.07, 6.45) is 0. The van der Waals surface area contributed by atoms with E-state index in [0.29, 0.717) is 0 Å². The van der Waals surface area contributed by atoms with E-state index in [2.05, 4.69) is 142 Å². The van der Waals surface area contributed by atoms with Crippen LogP contribution in [0.5, 0.6) is 0 Å². The molecule has 0 atom stereocenters. The Balaban J connectivity index is 0.000000616. The molecule has 6 aromatic carbocycles. The van der Waals surface area contributed by atoms with E-state index in [0.717, 1.165) is 0 Å². The standard InChI is InChI=1S/2C16H13.2CH3.2ClH.Si.Zr/c2*1-12-15-10-6-5-9-14(15)11-16(12)13-7-3-2-4-8-13;;;;;;/h2*2-11H,1H3;2*1H3;2*1H;;/q4*-1;;;;. The van der Waals surface area contributed by atoms with Crippen LogP contribution in [-0.2, 0) is 23.3 Å². The first kappa shape index (κ1) is 35.8. The van der Waals surface area contributed by atoms with Crippen molar-refractivity contribution >= 4 is 53.2 Å². The minimum atomic E-state index is 0. The molecule has 0 amide bonds. The maximum absolute atomic E-state index is 3.06. The molecule has 38 heavy (non-hydrogen) atoms. The molecule has 4 heteroatoms. The van der Waals surface area contributed by atoms with Crippen LogP contribution >= 0.6 is 24.8 Å². The molecule has 0 N–H and O–H groups in total. The average molecular weight is 633 g/mol. The van der Waals surface area contributed by atoms with E-state index < -0.39 is 0 Å². The van der Waals surface area contributed by atoms with Crippen LogP contribution in [0.25, 0.3) is 43.8 Å². The first-order valence-electron chi connectivity index (χ1n) is 11.4. The minimum absolute atomic E-state index is 0. The molecule has 0 heterocycles. The second-order valence-corrected chi connectivity index (χ2v) is 8.27. The van der Waals surface area contributed by atoms with Crippen LogP contribution in [0.1, 0.15) is 11.1 Å². The van der Waals surface area contributed by atoms with Gasteiger partial charge in [0.25, 0.3) is 0 Å². The van der Waals surface area contributed by atoms with Gasteiger partial charge in [0, 0.05) is 0 Å². The van der Waals surface area contributed by atoms with Gasteiger partial charge in [0.2, 0.25) is 0 Å². The van der Waals surface area contributed by atoms with Gasteiger partial charge in [-0.15, -0.1) is 92.9 Å². The van der Waals surface area contributed by atoms with E-state index in [1.54, 1.807) is 0 Å². The van der Waals surface area contributed by atoms with E-state index in [9.17, 15) is 0 Å². The molecule has 0 saturated carbocycles. The Hall–Kier alpha value is -2.22. The number of benzene rings is 4. The molecule has 6 rings (SSSR count). The van der Waals surface area contributed by atoms with Crippen molar-refractivity contribution in [1.29, 1.82) is 0 Å². The summed E-state index contributed by atoms with van der Waals surface area (Å²) in [4.78, 5) is 0. The van der Waals surface area contributed by atoms with Crippen LogP contribution in [0, 0.1) is 28.7 Å². The van der Waals surface area contributed by atoms with E-state index in [1.807, 2.05) is 0 Å². The van der Waals surface area contributed by atoms with Crippen LogP contribution in [0.15, 0.2) is 121 Å². The van der Waals surface area contributed by atoms with Gasteiger partial charge in [-0.25, -0.2) is 0 Å². The molecule has 0 saturated heterocycles. The molecule has 0 aliphatic heterocycles. The number of rotatable bonds is 2. The van der Waals surface area contributed by atoms with Crippen LogP contribution in [-0.4, -0.2) is 6.88 Å². The second-order valence-electron chi connectivity index (χ2n) is 8.27. The van der Waals surface area contributed by atoms with E-state index >= 15 is 0 Å².